The summed E-state index contributed by atoms with van der Waals surface area (Å²) >= 11 is 0. The summed E-state index contributed by atoms with van der Waals surface area (Å²) in [6, 6.07) is 7.84. The lowest BCUT2D eigenvalue weighted by Crippen LogP contribution is -2.07. The summed E-state index contributed by atoms with van der Waals surface area (Å²) in [6.45, 7) is 2.00. The van der Waals surface area contributed by atoms with Gasteiger partial charge in [-0.25, -0.2) is 0 Å². The molecule has 15 heavy (non-hydrogen) atoms. The Bertz CT molecular complexity index is 382. The average Bonchev–Trinajstić information content (AvgIpc) is 2.71. The second-order valence-electron chi connectivity index (χ2n) is 4.25. The molecule has 0 fully saturated rings. The van der Waals surface area contributed by atoms with E-state index in [9.17, 15) is 4.79 Å². The SMILES string of the molecule is Cc1ccccc1C(=O)CC1CC=CC1. The predicted molar refractivity (Wildman–Crippen MR) is 62.0 cm³/mol. The van der Waals surface area contributed by atoms with Gasteiger partial charge in [-0.05, 0) is 31.2 Å². The number of hydrogen-bond acceptors (Lipinski definition) is 1. The van der Waals surface area contributed by atoms with Gasteiger partial charge in [0.25, 0.3) is 0 Å². The normalized spacial score (nSPS) is 15.8. The summed E-state index contributed by atoms with van der Waals surface area (Å²) in [5, 5.41) is 0. The Labute approximate surface area is 90.8 Å². The molecular formula is C14H16O. The van der Waals surface area contributed by atoms with Crippen molar-refractivity contribution in [1.82, 2.24) is 0 Å². The summed E-state index contributed by atoms with van der Waals surface area (Å²) < 4.78 is 0. The summed E-state index contributed by atoms with van der Waals surface area (Å²) in [5.41, 5.74) is 1.98. The van der Waals surface area contributed by atoms with Gasteiger partial charge in [0.1, 0.15) is 0 Å². The monoisotopic (exact) mass is 200 g/mol. The smallest absolute Gasteiger partial charge is 0.163 e. The van der Waals surface area contributed by atoms with Gasteiger partial charge in [-0.2, -0.15) is 0 Å². The first-order valence-electron chi connectivity index (χ1n) is 5.51. The van der Waals surface area contributed by atoms with Gasteiger partial charge in [0.05, 0.1) is 0 Å². The Hall–Kier alpha value is -1.37. The van der Waals surface area contributed by atoms with Gasteiger partial charge < -0.3 is 0 Å². The molecule has 0 amide bonds. The molecule has 0 aromatic heterocycles. The van der Waals surface area contributed by atoms with E-state index in [2.05, 4.69) is 12.2 Å². The first kappa shape index (κ1) is 10.2. The van der Waals surface area contributed by atoms with E-state index in [-0.39, 0.29) is 0 Å². The van der Waals surface area contributed by atoms with Crippen LogP contribution in [0.1, 0.15) is 35.2 Å². The Morgan fingerprint density at radius 1 is 1.27 bits per heavy atom. The predicted octanol–water partition coefficient (Wildman–Crippen LogP) is 3.53. The second kappa shape index (κ2) is 4.43. The van der Waals surface area contributed by atoms with Crippen molar-refractivity contribution in [2.45, 2.75) is 26.2 Å². The molecule has 0 saturated heterocycles. The van der Waals surface area contributed by atoms with Crippen molar-refractivity contribution in [3.63, 3.8) is 0 Å². The molecule has 1 aromatic rings. The van der Waals surface area contributed by atoms with Crippen LogP contribution in [0.4, 0.5) is 0 Å². The third kappa shape index (κ3) is 2.35. The number of benzene rings is 1. The lowest BCUT2D eigenvalue weighted by Gasteiger charge is -2.09. The van der Waals surface area contributed by atoms with Crippen molar-refractivity contribution in [2.75, 3.05) is 0 Å². The van der Waals surface area contributed by atoms with Gasteiger partial charge in [0, 0.05) is 12.0 Å². The van der Waals surface area contributed by atoms with E-state index in [4.69, 9.17) is 0 Å². The number of carbonyl (C=O) groups excluding carboxylic acids is 1. The number of Topliss-reactive ketones (excluding diaryl/α,β-unsaturated/α-hetero) is 1. The molecule has 0 radical (unpaired) electrons. The van der Waals surface area contributed by atoms with E-state index in [0.29, 0.717) is 18.1 Å². The van der Waals surface area contributed by atoms with Crippen molar-refractivity contribution >= 4 is 5.78 Å². The van der Waals surface area contributed by atoms with E-state index in [1.54, 1.807) is 0 Å². The van der Waals surface area contributed by atoms with Crippen LogP contribution >= 0.6 is 0 Å². The molecule has 0 N–H and O–H groups in total. The van der Waals surface area contributed by atoms with E-state index >= 15 is 0 Å². The van der Waals surface area contributed by atoms with Crippen LogP contribution in [-0.4, -0.2) is 5.78 Å². The number of carbonyl (C=O) groups is 1. The molecule has 1 heteroatoms. The molecule has 0 heterocycles. The summed E-state index contributed by atoms with van der Waals surface area (Å²) in [5.74, 6) is 0.832. The van der Waals surface area contributed by atoms with E-state index in [1.807, 2.05) is 31.2 Å². The van der Waals surface area contributed by atoms with E-state index in [1.165, 1.54) is 0 Å². The molecule has 1 nitrogen and oxygen atoms in total. The number of allylic oxidation sites excluding steroid dienone is 2. The number of hydrogen-bond donors (Lipinski definition) is 0. The quantitative estimate of drug-likeness (QED) is 0.539. The van der Waals surface area contributed by atoms with Crippen LogP contribution in [0, 0.1) is 12.8 Å². The molecule has 2 rings (SSSR count). The van der Waals surface area contributed by atoms with Crippen LogP contribution in [0.3, 0.4) is 0 Å². The fourth-order valence-corrected chi connectivity index (χ4v) is 2.10. The minimum Gasteiger partial charge on any atom is -0.294 e. The Kier molecular flexibility index (Phi) is 3.00. The molecule has 1 aliphatic rings. The highest BCUT2D eigenvalue weighted by Crippen LogP contribution is 2.23. The van der Waals surface area contributed by atoms with Crippen molar-refractivity contribution in [3.8, 4) is 0 Å². The summed E-state index contributed by atoms with van der Waals surface area (Å²) in [6.07, 6.45) is 7.18. The van der Waals surface area contributed by atoms with Crippen LogP contribution in [0.15, 0.2) is 36.4 Å². The molecule has 1 aromatic carbocycles. The molecule has 0 atom stereocenters. The third-order valence-corrected chi connectivity index (χ3v) is 3.03. The first-order valence-corrected chi connectivity index (χ1v) is 5.51. The van der Waals surface area contributed by atoms with Gasteiger partial charge in [0.2, 0.25) is 0 Å². The topological polar surface area (TPSA) is 17.1 Å². The van der Waals surface area contributed by atoms with E-state index in [0.717, 1.165) is 24.0 Å². The molecule has 0 aliphatic heterocycles. The minimum atomic E-state index is 0.293. The second-order valence-corrected chi connectivity index (χ2v) is 4.25. The zero-order chi connectivity index (χ0) is 10.7. The van der Waals surface area contributed by atoms with Crippen LogP contribution < -0.4 is 0 Å². The van der Waals surface area contributed by atoms with Crippen molar-refractivity contribution < 1.29 is 4.79 Å². The van der Waals surface area contributed by atoms with Crippen LogP contribution in [0.2, 0.25) is 0 Å². The number of rotatable bonds is 3. The lowest BCUT2D eigenvalue weighted by atomic mass is 9.94. The van der Waals surface area contributed by atoms with Crippen LogP contribution in [0.5, 0.6) is 0 Å². The molecule has 0 unspecified atom stereocenters. The highest BCUT2D eigenvalue weighted by molar-refractivity contribution is 5.97. The fourth-order valence-electron chi connectivity index (χ4n) is 2.10. The molecule has 78 valence electrons. The zero-order valence-electron chi connectivity index (χ0n) is 9.07. The van der Waals surface area contributed by atoms with Crippen molar-refractivity contribution in [1.29, 1.82) is 0 Å². The van der Waals surface area contributed by atoms with Gasteiger partial charge in [-0.1, -0.05) is 36.4 Å². The maximum absolute atomic E-state index is 12.0. The number of ketones is 1. The first-order chi connectivity index (χ1) is 7.27. The molecule has 0 bridgehead atoms. The number of aryl methyl sites for hydroxylation is 1. The lowest BCUT2D eigenvalue weighted by molar-refractivity contribution is 0.0963. The Balaban J connectivity index is 2.05. The van der Waals surface area contributed by atoms with Gasteiger partial charge >= 0.3 is 0 Å². The van der Waals surface area contributed by atoms with Crippen LogP contribution in [0.25, 0.3) is 0 Å². The Morgan fingerprint density at radius 3 is 2.60 bits per heavy atom. The molecule has 0 spiro atoms. The maximum atomic E-state index is 12.0. The molecule has 1 aliphatic carbocycles. The maximum Gasteiger partial charge on any atom is 0.163 e. The van der Waals surface area contributed by atoms with Gasteiger partial charge in [0.15, 0.2) is 5.78 Å². The Morgan fingerprint density at radius 2 is 1.93 bits per heavy atom. The van der Waals surface area contributed by atoms with Gasteiger partial charge in [-0.3, -0.25) is 4.79 Å². The van der Waals surface area contributed by atoms with Crippen LogP contribution in [-0.2, 0) is 0 Å². The van der Waals surface area contributed by atoms with E-state index < -0.39 is 0 Å². The largest absolute Gasteiger partial charge is 0.294 e. The summed E-state index contributed by atoms with van der Waals surface area (Å²) in [7, 11) is 0. The average molecular weight is 200 g/mol. The van der Waals surface area contributed by atoms with Crippen molar-refractivity contribution in [3.05, 3.63) is 47.5 Å². The standard InChI is InChI=1S/C14H16O/c1-11-6-2-5-9-13(11)14(15)10-12-7-3-4-8-12/h2-6,9,12H,7-8,10H2,1H3. The highest BCUT2D eigenvalue weighted by atomic mass is 16.1. The minimum absolute atomic E-state index is 0.293. The van der Waals surface area contributed by atoms with Gasteiger partial charge in [-0.15, -0.1) is 0 Å². The fraction of sp³-hybridized carbons (Fsp3) is 0.357. The van der Waals surface area contributed by atoms with Crippen molar-refractivity contribution in [2.24, 2.45) is 5.92 Å². The zero-order valence-corrected chi connectivity index (χ0v) is 9.07. The molecular weight excluding hydrogens is 184 g/mol. The summed E-state index contributed by atoms with van der Waals surface area (Å²) in [4.78, 5) is 12.0. The highest BCUT2D eigenvalue weighted by Gasteiger charge is 2.16. The molecule has 0 saturated carbocycles. The third-order valence-electron chi connectivity index (χ3n) is 3.03.